The van der Waals surface area contributed by atoms with Gasteiger partial charge in [0.2, 0.25) is 4.73 Å². The molecule has 1 N–H and O–H groups in total. The summed E-state index contributed by atoms with van der Waals surface area (Å²) in [5.41, 5.74) is 0.00589. The number of aliphatic carboxylic acids is 1. The maximum atomic E-state index is 13.1. The van der Waals surface area contributed by atoms with E-state index < -0.39 is 23.5 Å². The molecule has 8 heteroatoms. The summed E-state index contributed by atoms with van der Waals surface area (Å²) in [7, 11) is 0. The third-order valence-electron chi connectivity index (χ3n) is 2.79. The maximum absolute atomic E-state index is 13.1. The topological polar surface area (TPSA) is 77.1 Å². The summed E-state index contributed by atoms with van der Waals surface area (Å²) in [6.45, 7) is 1.46. The molecule has 1 heterocycles. The van der Waals surface area contributed by atoms with Crippen molar-refractivity contribution in [3.63, 3.8) is 0 Å². The molecular weight excluding hydrogens is 333 g/mol. The van der Waals surface area contributed by atoms with Gasteiger partial charge in [-0.15, -0.1) is 5.10 Å². The normalized spacial score (nSPS) is 12.3. The molecule has 106 valence electrons. The molecule has 0 aliphatic heterocycles. The molecule has 0 saturated carbocycles. The van der Waals surface area contributed by atoms with Crippen LogP contribution in [0.2, 0.25) is 0 Å². The van der Waals surface area contributed by atoms with Crippen LogP contribution in [-0.4, -0.2) is 25.4 Å². The van der Waals surface area contributed by atoms with Crippen molar-refractivity contribution >= 4 is 21.9 Å². The van der Waals surface area contributed by atoms with Gasteiger partial charge in [-0.3, -0.25) is 4.57 Å². The van der Waals surface area contributed by atoms with E-state index in [0.29, 0.717) is 5.56 Å². The van der Waals surface area contributed by atoms with Crippen molar-refractivity contribution in [3.05, 3.63) is 50.9 Å². The van der Waals surface area contributed by atoms with E-state index in [4.69, 9.17) is 5.11 Å². The highest BCUT2D eigenvalue weighted by Gasteiger charge is 2.21. The first-order valence-electron chi connectivity index (χ1n) is 5.72. The van der Waals surface area contributed by atoms with Crippen molar-refractivity contribution in [2.24, 2.45) is 0 Å². The average molecular weight is 344 g/mol. The van der Waals surface area contributed by atoms with Crippen LogP contribution in [0.3, 0.4) is 0 Å². The number of benzene rings is 1. The number of carbonyl (C=O) groups is 1. The van der Waals surface area contributed by atoms with E-state index in [9.17, 15) is 14.0 Å². The van der Waals surface area contributed by atoms with Crippen molar-refractivity contribution in [2.45, 2.75) is 19.5 Å². The number of nitrogens with zero attached hydrogens (tertiary/aromatic N) is 3. The predicted octanol–water partition coefficient (Wildman–Crippen LogP) is 1.64. The molecule has 0 saturated heterocycles. The maximum Gasteiger partial charge on any atom is 0.347 e. The Kier molecular flexibility index (Phi) is 4.03. The number of carboxylic acid groups (broad SMARTS) is 1. The first-order chi connectivity index (χ1) is 9.40. The van der Waals surface area contributed by atoms with Crippen LogP contribution in [0.4, 0.5) is 4.39 Å². The minimum Gasteiger partial charge on any atom is -0.480 e. The quantitative estimate of drug-likeness (QED) is 0.915. The molecule has 0 radical (unpaired) electrons. The molecule has 1 aromatic carbocycles. The van der Waals surface area contributed by atoms with E-state index in [0.717, 1.165) is 4.68 Å². The number of rotatable bonds is 4. The lowest BCUT2D eigenvalue weighted by atomic mass is 10.2. The molecule has 0 spiro atoms. The molecular formula is C12H11BrFN3O3. The summed E-state index contributed by atoms with van der Waals surface area (Å²) < 4.78 is 15.4. The van der Waals surface area contributed by atoms with Crippen LogP contribution < -0.4 is 5.69 Å². The highest BCUT2D eigenvalue weighted by molar-refractivity contribution is 9.10. The predicted molar refractivity (Wildman–Crippen MR) is 72.0 cm³/mol. The summed E-state index contributed by atoms with van der Waals surface area (Å²) in [6.07, 6.45) is 0. The summed E-state index contributed by atoms with van der Waals surface area (Å²) in [5.74, 6) is -1.56. The van der Waals surface area contributed by atoms with Crippen LogP contribution in [0.1, 0.15) is 18.5 Å². The Bertz CT molecular complexity index is 710. The Morgan fingerprint density at radius 3 is 2.85 bits per heavy atom. The van der Waals surface area contributed by atoms with Crippen molar-refractivity contribution in [1.29, 1.82) is 0 Å². The van der Waals surface area contributed by atoms with Gasteiger partial charge >= 0.3 is 11.7 Å². The lowest BCUT2D eigenvalue weighted by Gasteiger charge is -2.04. The smallest absolute Gasteiger partial charge is 0.347 e. The second kappa shape index (κ2) is 5.58. The van der Waals surface area contributed by atoms with E-state index in [-0.39, 0.29) is 11.3 Å². The van der Waals surface area contributed by atoms with Gasteiger partial charge in [-0.25, -0.2) is 14.0 Å². The van der Waals surface area contributed by atoms with Gasteiger partial charge in [0.05, 0.1) is 6.54 Å². The zero-order chi connectivity index (χ0) is 14.9. The number of aromatic nitrogens is 3. The SMILES string of the molecule is CC(C(=O)O)n1nc(Br)n(Cc2cccc(F)c2)c1=O. The van der Waals surface area contributed by atoms with Gasteiger partial charge in [-0.1, -0.05) is 12.1 Å². The molecule has 1 unspecified atom stereocenters. The van der Waals surface area contributed by atoms with Crippen molar-refractivity contribution < 1.29 is 14.3 Å². The Morgan fingerprint density at radius 2 is 2.25 bits per heavy atom. The number of halogens is 2. The molecule has 0 amide bonds. The van der Waals surface area contributed by atoms with E-state index in [1.165, 1.54) is 29.7 Å². The fourth-order valence-electron chi connectivity index (χ4n) is 1.70. The molecule has 0 aliphatic rings. The fraction of sp³-hybridized carbons (Fsp3) is 0.250. The monoisotopic (exact) mass is 343 g/mol. The first kappa shape index (κ1) is 14.4. The van der Waals surface area contributed by atoms with E-state index >= 15 is 0 Å². The molecule has 6 nitrogen and oxygen atoms in total. The molecule has 1 atom stereocenters. The Balaban J connectivity index is 2.39. The minimum atomic E-state index is -1.16. The standard InChI is InChI=1S/C12H11BrFN3O3/c1-7(10(18)19)17-12(20)16(11(13)15-17)6-8-3-2-4-9(14)5-8/h2-5,7H,6H2,1H3,(H,18,19). The third kappa shape index (κ3) is 2.79. The van der Waals surface area contributed by atoms with Crippen LogP contribution in [0, 0.1) is 5.82 Å². The Hall–Kier alpha value is -1.96. The molecule has 0 bridgehead atoms. The first-order valence-corrected chi connectivity index (χ1v) is 6.51. The summed E-state index contributed by atoms with van der Waals surface area (Å²) in [6, 6.07) is 4.73. The van der Waals surface area contributed by atoms with E-state index in [1.807, 2.05) is 0 Å². The van der Waals surface area contributed by atoms with Gasteiger partial charge in [0.1, 0.15) is 5.82 Å². The van der Waals surface area contributed by atoms with Crippen LogP contribution in [0.25, 0.3) is 0 Å². The van der Waals surface area contributed by atoms with Crippen molar-refractivity contribution in [3.8, 4) is 0 Å². The molecule has 0 fully saturated rings. The lowest BCUT2D eigenvalue weighted by Crippen LogP contribution is -2.31. The summed E-state index contributed by atoms with van der Waals surface area (Å²) >= 11 is 3.11. The molecule has 0 aliphatic carbocycles. The molecule has 20 heavy (non-hydrogen) atoms. The van der Waals surface area contributed by atoms with Crippen LogP contribution in [0.15, 0.2) is 33.8 Å². The highest BCUT2D eigenvalue weighted by Crippen LogP contribution is 2.11. The number of hydrogen-bond acceptors (Lipinski definition) is 3. The zero-order valence-electron chi connectivity index (χ0n) is 10.5. The third-order valence-corrected chi connectivity index (χ3v) is 3.38. The number of hydrogen-bond donors (Lipinski definition) is 1. The fourth-order valence-corrected chi connectivity index (χ4v) is 2.14. The summed E-state index contributed by atoms with van der Waals surface area (Å²) in [4.78, 5) is 23.0. The minimum absolute atomic E-state index is 0.101. The summed E-state index contributed by atoms with van der Waals surface area (Å²) in [5, 5.41) is 12.8. The lowest BCUT2D eigenvalue weighted by molar-refractivity contribution is -0.140. The van der Waals surface area contributed by atoms with Crippen molar-refractivity contribution in [2.75, 3.05) is 0 Å². The van der Waals surface area contributed by atoms with Gasteiger partial charge in [0.25, 0.3) is 0 Å². The highest BCUT2D eigenvalue weighted by atomic mass is 79.9. The average Bonchev–Trinajstić information content (AvgIpc) is 2.66. The van der Waals surface area contributed by atoms with Gasteiger partial charge < -0.3 is 5.11 Å². The Morgan fingerprint density at radius 1 is 1.55 bits per heavy atom. The van der Waals surface area contributed by atoms with E-state index in [2.05, 4.69) is 21.0 Å². The second-order valence-corrected chi connectivity index (χ2v) is 4.94. The van der Waals surface area contributed by atoms with Gasteiger partial charge in [-0.2, -0.15) is 4.68 Å². The van der Waals surface area contributed by atoms with Crippen LogP contribution in [0.5, 0.6) is 0 Å². The number of carboxylic acids is 1. The van der Waals surface area contributed by atoms with Gasteiger partial charge in [-0.05, 0) is 40.5 Å². The molecule has 1 aromatic heterocycles. The van der Waals surface area contributed by atoms with Crippen molar-refractivity contribution in [1.82, 2.24) is 14.3 Å². The van der Waals surface area contributed by atoms with Crippen LogP contribution in [-0.2, 0) is 11.3 Å². The van der Waals surface area contributed by atoms with Gasteiger partial charge in [0, 0.05) is 0 Å². The Labute approximate surface area is 121 Å². The van der Waals surface area contributed by atoms with Crippen LogP contribution >= 0.6 is 15.9 Å². The largest absolute Gasteiger partial charge is 0.480 e. The molecule has 2 rings (SSSR count). The van der Waals surface area contributed by atoms with Gasteiger partial charge in [0.15, 0.2) is 6.04 Å². The zero-order valence-corrected chi connectivity index (χ0v) is 12.0. The second-order valence-electron chi connectivity index (χ2n) is 4.23. The molecule has 2 aromatic rings. The van der Waals surface area contributed by atoms with E-state index in [1.54, 1.807) is 6.07 Å².